The molecule has 4 nitrogen and oxygen atoms in total. The van der Waals surface area contributed by atoms with Gasteiger partial charge in [0.15, 0.2) is 0 Å². The molecule has 0 saturated heterocycles. The van der Waals surface area contributed by atoms with Gasteiger partial charge in [0.1, 0.15) is 0 Å². The predicted octanol–water partition coefficient (Wildman–Crippen LogP) is 11.1. The van der Waals surface area contributed by atoms with Crippen molar-refractivity contribution in [3.05, 3.63) is 110 Å². The predicted molar refractivity (Wildman–Crippen MR) is 211 cm³/mol. The topological polar surface area (TPSA) is 44.1 Å². The molecule has 0 aliphatic carbocycles. The molecule has 0 saturated carbocycles. The Hall–Kier alpha value is -2.75. The quantitative estimate of drug-likeness (QED) is 0.0409. The molecule has 4 aromatic rings. The number of hydrogen-bond donors (Lipinski definition) is 0. The second kappa shape index (κ2) is 20.7. The molecular formula is C42H58BrN2O2P. The van der Waals surface area contributed by atoms with E-state index in [1.807, 2.05) is 12.5 Å². The zero-order valence-corrected chi connectivity index (χ0v) is 31.7. The molecule has 48 heavy (non-hydrogen) atoms. The molecule has 0 radical (unpaired) electrons. The van der Waals surface area contributed by atoms with Crippen LogP contribution in [0.25, 0.3) is 0 Å². The van der Waals surface area contributed by atoms with E-state index in [-0.39, 0.29) is 5.97 Å². The van der Waals surface area contributed by atoms with Crippen molar-refractivity contribution in [3.8, 4) is 0 Å². The zero-order chi connectivity index (χ0) is 33.8. The molecule has 3 aromatic carbocycles. The summed E-state index contributed by atoms with van der Waals surface area (Å²) < 4.78 is 8.12. The number of ether oxygens (including phenoxy) is 1. The Labute approximate surface area is 298 Å². The Balaban J connectivity index is 1.12. The fourth-order valence-electron chi connectivity index (χ4n) is 7.12. The summed E-state index contributed by atoms with van der Waals surface area (Å²) in [6, 6.07) is 33.0. The minimum absolute atomic E-state index is 0.0623. The second-order valence-corrected chi connectivity index (χ2v) is 22.4. The molecule has 0 spiro atoms. The van der Waals surface area contributed by atoms with E-state index in [4.69, 9.17) is 4.74 Å². The fraction of sp³-hybridized carbons (Fsp3) is 0.476. The van der Waals surface area contributed by atoms with Crippen molar-refractivity contribution in [2.45, 2.75) is 116 Å². The van der Waals surface area contributed by atoms with Crippen molar-refractivity contribution < 1.29 is 9.53 Å². The molecule has 1 heterocycles. The van der Waals surface area contributed by atoms with E-state index >= 15 is 0 Å². The molecule has 1 aromatic heterocycles. The number of carbonyl (C=O) groups excluding carboxylic acids is 1. The molecule has 1 unspecified atom stereocenters. The van der Waals surface area contributed by atoms with Gasteiger partial charge in [0.25, 0.3) is 0 Å². The first kappa shape index (κ1) is 38.1. The van der Waals surface area contributed by atoms with Crippen LogP contribution < -0.4 is 15.9 Å². The van der Waals surface area contributed by atoms with E-state index in [0.29, 0.717) is 19.1 Å². The second-order valence-electron chi connectivity index (χ2n) is 13.4. The van der Waals surface area contributed by atoms with Gasteiger partial charge in [-0.05, 0) is 12.8 Å². The van der Waals surface area contributed by atoms with Gasteiger partial charge in [-0.25, -0.2) is 4.98 Å². The van der Waals surface area contributed by atoms with Gasteiger partial charge in [0.2, 0.25) is 0 Å². The van der Waals surface area contributed by atoms with E-state index in [0.717, 1.165) is 25.4 Å². The number of unbranched alkanes of at least 4 members (excludes halogenated alkanes) is 10. The number of nitrogens with zero attached hydrogens (tertiary/aromatic N) is 2. The SMILES string of the molecule is CCCCCC(CCCCCCCCCCCC(=O)OCCCP(Br)(c1ccccc1)(c1ccccc1)c1ccccc1)n1ccnc1. The van der Waals surface area contributed by atoms with E-state index in [1.54, 1.807) is 0 Å². The Morgan fingerprint density at radius 2 is 1.17 bits per heavy atom. The molecule has 0 N–H and O–H groups in total. The normalized spacial score (nSPS) is 13.1. The van der Waals surface area contributed by atoms with Crippen molar-refractivity contribution in [1.29, 1.82) is 0 Å². The number of hydrogen-bond acceptors (Lipinski definition) is 3. The third kappa shape index (κ3) is 10.9. The average molecular weight is 734 g/mol. The summed E-state index contributed by atoms with van der Waals surface area (Å²) in [5.41, 5.74) is 0. The van der Waals surface area contributed by atoms with E-state index in [9.17, 15) is 4.79 Å². The fourth-order valence-corrected chi connectivity index (χ4v) is 14.8. The number of imidazole rings is 1. The van der Waals surface area contributed by atoms with Gasteiger partial charge >= 0.3 is 207 Å². The molecule has 0 aliphatic rings. The number of esters is 1. The zero-order valence-electron chi connectivity index (χ0n) is 29.2. The minimum Gasteiger partial charge on any atom is -0.334 e. The number of halogens is 1. The summed E-state index contributed by atoms with van der Waals surface area (Å²) in [5, 5.41) is 0.914. The Bertz CT molecular complexity index is 1320. The van der Waals surface area contributed by atoms with Crippen LogP contribution in [0.4, 0.5) is 0 Å². The molecular weight excluding hydrogens is 675 g/mol. The number of aromatic nitrogens is 2. The largest absolute Gasteiger partial charge is 0.334 e. The summed E-state index contributed by atoms with van der Waals surface area (Å²) >= 11 is 4.48. The van der Waals surface area contributed by atoms with Crippen molar-refractivity contribution in [2.24, 2.45) is 0 Å². The first-order chi connectivity index (χ1) is 23.6. The molecule has 260 valence electrons. The monoisotopic (exact) mass is 732 g/mol. The summed E-state index contributed by atoms with van der Waals surface area (Å²) in [6.45, 7) is 2.72. The molecule has 0 bridgehead atoms. The van der Waals surface area contributed by atoms with Gasteiger partial charge < -0.3 is 4.57 Å². The van der Waals surface area contributed by atoms with E-state index in [1.165, 1.54) is 93.0 Å². The van der Waals surface area contributed by atoms with Gasteiger partial charge in [0, 0.05) is 18.4 Å². The average Bonchev–Trinajstić information content (AvgIpc) is 3.68. The number of benzene rings is 3. The standard InChI is InChI=1S/C42H58BrN2O2P/c1-2-3-14-24-38(45-34-33-44-37-45)25-15-9-7-5-4-6-8-10-22-32-42(46)47-35-23-36-48(43,39-26-16-11-17-27-39,40-28-18-12-19-29-40)41-30-20-13-21-31-41/h11-13,16-21,26-31,33-34,37-38H,2-10,14-15,22-25,32,35-36H2,1H3. The van der Waals surface area contributed by atoms with Crippen LogP contribution in [-0.4, -0.2) is 28.3 Å². The molecule has 0 aliphatic heterocycles. The van der Waals surface area contributed by atoms with Crippen LogP contribution in [0.5, 0.6) is 0 Å². The Morgan fingerprint density at radius 3 is 1.65 bits per heavy atom. The van der Waals surface area contributed by atoms with Crippen LogP contribution >= 0.6 is 20.8 Å². The van der Waals surface area contributed by atoms with Crippen LogP contribution in [0.1, 0.15) is 116 Å². The summed E-state index contributed by atoms with van der Waals surface area (Å²) in [7, 11) is 0. The molecule has 0 fully saturated rings. The number of carbonyl (C=O) groups is 1. The molecule has 4 rings (SSSR count). The minimum atomic E-state index is -2.97. The smallest absolute Gasteiger partial charge is 0.0948 e. The summed E-state index contributed by atoms with van der Waals surface area (Å²) in [4.78, 5) is 16.9. The van der Waals surface area contributed by atoms with Crippen LogP contribution in [0.15, 0.2) is 110 Å². The molecule has 6 heteroatoms. The van der Waals surface area contributed by atoms with Gasteiger partial charge in [-0.15, -0.1) is 0 Å². The van der Waals surface area contributed by atoms with Gasteiger partial charge in [-0.2, -0.15) is 0 Å². The number of rotatable bonds is 24. The van der Waals surface area contributed by atoms with Crippen molar-refractivity contribution in [1.82, 2.24) is 9.55 Å². The van der Waals surface area contributed by atoms with Crippen LogP contribution in [0, 0.1) is 0 Å². The third-order valence-corrected chi connectivity index (χ3v) is 19.9. The van der Waals surface area contributed by atoms with Gasteiger partial charge in [-0.3, -0.25) is 0 Å². The van der Waals surface area contributed by atoms with Crippen molar-refractivity contribution in [3.63, 3.8) is 0 Å². The van der Waals surface area contributed by atoms with Crippen LogP contribution in [-0.2, 0) is 9.53 Å². The Morgan fingerprint density at radius 1 is 0.688 bits per heavy atom. The van der Waals surface area contributed by atoms with E-state index < -0.39 is 5.31 Å². The summed E-state index contributed by atoms with van der Waals surface area (Å²) in [5.74, 6) is -0.0623. The van der Waals surface area contributed by atoms with Crippen LogP contribution in [0.2, 0.25) is 0 Å². The Kier molecular flexibility index (Phi) is 16.4. The van der Waals surface area contributed by atoms with Crippen molar-refractivity contribution in [2.75, 3.05) is 12.8 Å². The summed E-state index contributed by atoms with van der Waals surface area (Å²) in [6.07, 6.45) is 25.7. The molecule has 0 amide bonds. The van der Waals surface area contributed by atoms with Crippen molar-refractivity contribution >= 4 is 42.7 Å². The van der Waals surface area contributed by atoms with Gasteiger partial charge in [0.05, 0.1) is 6.33 Å². The maximum atomic E-state index is 12.7. The maximum Gasteiger partial charge on any atom is 0.0948 e. The van der Waals surface area contributed by atoms with Crippen LogP contribution in [0.3, 0.4) is 0 Å². The first-order valence-electron chi connectivity index (χ1n) is 18.6. The third-order valence-electron chi connectivity index (χ3n) is 9.87. The molecule has 1 atom stereocenters. The van der Waals surface area contributed by atoms with E-state index in [2.05, 4.69) is 129 Å². The van der Waals surface area contributed by atoms with Gasteiger partial charge in [-0.1, -0.05) is 45.4 Å². The maximum absolute atomic E-state index is 12.7. The first-order valence-corrected chi connectivity index (χ1v) is 23.0.